The van der Waals surface area contributed by atoms with Crippen LogP contribution in [-0.4, -0.2) is 34.5 Å². The number of alkyl halides is 3. The zero-order valence-electron chi connectivity index (χ0n) is 17.2. The standard InChI is InChI=1S/C22H22ClF3N4O2/c1-32-16-11-5-13(6-12-16)21(31)28-15-9-7-14(8-10-15)27-17-3-2-4-18-29-19(22(24,25)26)20(23)30(17)18/h2-6,11-12,14-15,27H,7-10H2,1H3,(H,28,31). The van der Waals surface area contributed by atoms with Crippen molar-refractivity contribution in [3.8, 4) is 5.75 Å². The Hall–Kier alpha value is -2.94. The third-order valence-corrected chi connectivity index (χ3v) is 5.97. The molecule has 4 rings (SSSR count). The van der Waals surface area contributed by atoms with Crippen LogP contribution in [0.4, 0.5) is 19.0 Å². The van der Waals surface area contributed by atoms with E-state index < -0.39 is 17.0 Å². The summed E-state index contributed by atoms with van der Waals surface area (Å²) < 4.78 is 45.9. The molecule has 0 radical (unpaired) electrons. The van der Waals surface area contributed by atoms with Crippen LogP contribution in [0.25, 0.3) is 5.65 Å². The van der Waals surface area contributed by atoms with Crippen LogP contribution in [0.5, 0.6) is 5.75 Å². The van der Waals surface area contributed by atoms with Crippen molar-refractivity contribution < 1.29 is 22.7 Å². The van der Waals surface area contributed by atoms with Crippen LogP contribution in [0.3, 0.4) is 0 Å². The number of carbonyl (C=O) groups excluding carboxylic acids is 1. The molecule has 1 aliphatic rings. The fourth-order valence-corrected chi connectivity index (χ4v) is 4.28. The lowest BCUT2D eigenvalue weighted by Crippen LogP contribution is -2.40. The normalized spacial score (nSPS) is 19.0. The molecule has 10 heteroatoms. The van der Waals surface area contributed by atoms with E-state index in [9.17, 15) is 18.0 Å². The van der Waals surface area contributed by atoms with Gasteiger partial charge in [-0.3, -0.25) is 9.20 Å². The smallest absolute Gasteiger partial charge is 0.436 e. The van der Waals surface area contributed by atoms with Crippen LogP contribution in [-0.2, 0) is 6.18 Å². The first-order valence-electron chi connectivity index (χ1n) is 10.2. The van der Waals surface area contributed by atoms with E-state index >= 15 is 0 Å². The second-order valence-electron chi connectivity index (χ2n) is 7.75. The Kier molecular flexibility index (Phi) is 6.19. The van der Waals surface area contributed by atoms with Crippen molar-refractivity contribution in [2.24, 2.45) is 0 Å². The van der Waals surface area contributed by atoms with Crippen molar-refractivity contribution in [3.05, 3.63) is 58.9 Å². The molecule has 6 nitrogen and oxygen atoms in total. The van der Waals surface area contributed by atoms with E-state index in [2.05, 4.69) is 15.6 Å². The Bertz CT molecular complexity index is 1110. The molecule has 0 saturated heterocycles. The number of anilines is 1. The first-order chi connectivity index (χ1) is 15.3. The first kappa shape index (κ1) is 22.3. The number of benzene rings is 1. The molecule has 0 aliphatic heterocycles. The minimum absolute atomic E-state index is 0.0344. The highest BCUT2D eigenvalue weighted by Crippen LogP contribution is 2.36. The second kappa shape index (κ2) is 8.90. The van der Waals surface area contributed by atoms with Crippen LogP contribution in [0.1, 0.15) is 41.7 Å². The number of carbonyl (C=O) groups is 1. The third-order valence-electron chi connectivity index (χ3n) is 5.62. The largest absolute Gasteiger partial charge is 0.497 e. The summed E-state index contributed by atoms with van der Waals surface area (Å²) in [4.78, 5) is 16.1. The molecule has 2 heterocycles. The second-order valence-corrected chi connectivity index (χ2v) is 8.11. The number of hydrogen-bond acceptors (Lipinski definition) is 4. The van der Waals surface area contributed by atoms with Crippen LogP contribution < -0.4 is 15.4 Å². The maximum Gasteiger partial charge on any atom is 0.436 e. The summed E-state index contributed by atoms with van der Waals surface area (Å²) in [5, 5.41) is 5.88. The zero-order chi connectivity index (χ0) is 22.9. The molecule has 2 N–H and O–H groups in total. The molecule has 1 saturated carbocycles. The van der Waals surface area contributed by atoms with Crippen molar-refractivity contribution >= 4 is 29.0 Å². The number of imidazole rings is 1. The number of rotatable bonds is 5. The van der Waals surface area contributed by atoms with Crippen LogP contribution in [0, 0.1) is 0 Å². The molecule has 0 spiro atoms. The Morgan fingerprint density at radius 1 is 1.09 bits per heavy atom. The van der Waals surface area contributed by atoms with Gasteiger partial charge in [0.15, 0.2) is 5.69 Å². The Morgan fingerprint density at radius 3 is 2.38 bits per heavy atom. The molecule has 32 heavy (non-hydrogen) atoms. The van der Waals surface area contributed by atoms with E-state index in [1.807, 2.05) is 0 Å². The van der Waals surface area contributed by atoms with Gasteiger partial charge >= 0.3 is 6.18 Å². The van der Waals surface area contributed by atoms with Gasteiger partial charge in [-0.15, -0.1) is 0 Å². The van der Waals surface area contributed by atoms with Crippen molar-refractivity contribution in [2.75, 3.05) is 12.4 Å². The fraction of sp³-hybridized carbons (Fsp3) is 0.364. The molecule has 0 bridgehead atoms. The minimum atomic E-state index is -4.62. The SMILES string of the molecule is COc1ccc(C(=O)NC2CCC(Nc3cccc4nc(C(F)(F)F)c(Cl)n34)CC2)cc1. The van der Waals surface area contributed by atoms with E-state index in [0.29, 0.717) is 17.1 Å². The summed E-state index contributed by atoms with van der Waals surface area (Å²) in [5.74, 6) is 1.00. The van der Waals surface area contributed by atoms with E-state index in [-0.39, 0.29) is 23.6 Å². The van der Waals surface area contributed by atoms with E-state index in [4.69, 9.17) is 16.3 Å². The van der Waals surface area contributed by atoms with Gasteiger partial charge in [0.1, 0.15) is 22.4 Å². The van der Waals surface area contributed by atoms with Gasteiger partial charge in [-0.2, -0.15) is 13.2 Å². The lowest BCUT2D eigenvalue weighted by atomic mass is 9.91. The number of halogens is 4. The Labute approximate surface area is 187 Å². The lowest BCUT2D eigenvalue weighted by Gasteiger charge is -2.30. The molecular formula is C22H22ClF3N4O2. The number of methoxy groups -OCH3 is 1. The predicted molar refractivity (Wildman–Crippen MR) is 115 cm³/mol. The summed E-state index contributed by atoms with van der Waals surface area (Å²) in [6.07, 6.45) is -1.62. The maximum atomic E-state index is 13.2. The van der Waals surface area contributed by atoms with Gasteiger partial charge < -0.3 is 15.4 Å². The third kappa shape index (κ3) is 4.62. The van der Waals surface area contributed by atoms with Gasteiger partial charge in [0.25, 0.3) is 5.91 Å². The van der Waals surface area contributed by atoms with E-state index in [1.165, 1.54) is 10.5 Å². The number of amides is 1. The van der Waals surface area contributed by atoms with Crippen LogP contribution in [0.15, 0.2) is 42.5 Å². The average molecular weight is 467 g/mol. The van der Waals surface area contributed by atoms with Crippen molar-refractivity contribution in [1.29, 1.82) is 0 Å². The highest BCUT2D eigenvalue weighted by Gasteiger charge is 2.38. The number of fused-ring (bicyclic) bond motifs is 1. The summed E-state index contributed by atoms with van der Waals surface area (Å²) in [5.41, 5.74) is -0.404. The summed E-state index contributed by atoms with van der Waals surface area (Å²) in [7, 11) is 1.57. The minimum Gasteiger partial charge on any atom is -0.497 e. The molecule has 1 aromatic carbocycles. The fourth-order valence-electron chi connectivity index (χ4n) is 3.95. The number of ether oxygens (including phenoxy) is 1. The molecular weight excluding hydrogens is 445 g/mol. The lowest BCUT2D eigenvalue weighted by molar-refractivity contribution is -0.140. The number of pyridine rings is 1. The van der Waals surface area contributed by atoms with Gasteiger partial charge in [0, 0.05) is 17.6 Å². The van der Waals surface area contributed by atoms with Crippen LogP contribution >= 0.6 is 11.6 Å². The van der Waals surface area contributed by atoms with Gasteiger partial charge in [-0.05, 0) is 62.1 Å². The molecule has 1 fully saturated rings. The Morgan fingerprint density at radius 2 is 1.75 bits per heavy atom. The highest BCUT2D eigenvalue weighted by atomic mass is 35.5. The maximum absolute atomic E-state index is 13.2. The molecule has 3 aromatic rings. The predicted octanol–water partition coefficient (Wildman–Crippen LogP) is 5.17. The quantitative estimate of drug-likeness (QED) is 0.544. The number of nitrogens with zero attached hydrogens (tertiary/aromatic N) is 2. The molecule has 170 valence electrons. The molecule has 1 amide bonds. The van der Waals surface area contributed by atoms with Crippen LogP contribution in [0.2, 0.25) is 5.15 Å². The van der Waals surface area contributed by atoms with Gasteiger partial charge in [0.05, 0.1) is 7.11 Å². The first-order valence-corrected chi connectivity index (χ1v) is 10.6. The molecule has 1 aliphatic carbocycles. The van der Waals surface area contributed by atoms with Crippen molar-refractivity contribution in [2.45, 2.75) is 43.9 Å². The summed E-state index contributed by atoms with van der Waals surface area (Å²) in [6.45, 7) is 0. The van der Waals surface area contributed by atoms with Crippen molar-refractivity contribution in [3.63, 3.8) is 0 Å². The monoisotopic (exact) mass is 466 g/mol. The number of hydrogen-bond donors (Lipinski definition) is 2. The number of aromatic nitrogens is 2. The zero-order valence-corrected chi connectivity index (χ0v) is 18.0. The Balaban J connectivity index is 1.38. The van der Waals surface area contributed by atoms with Gasteiger partial charge in [-0.1, -0.05) is 17.7 Å². The molecule has 0 atom stereocenters. The van der Waals surface area contributed by atoms with E-state index in [0.717, 1.165) is 25.7 Å². The highest BCUT2D eigenvalue weighted by molar-refractivity contribution is 6.30. The van der Waals surface area contributed by atoms with Crippen molar-refractivity contribution in [1.82, 2.24) is 14.7 Å². The average Bonchev–Trinajstić information content (AvgIpc) is 3.13. The van der Waals surface area contributed by atoms with Gasteiger partial charge in [-0.25, -0.2) is 4.98 Å². The van der Waals surface area contributed by atoms with E-state index in [1.54, 1.807) is 43.5 Å². The molecule has 2 aromatic heterocycles. The summed E-state index contributed by atoms with van der Waals surface area (Å²) >= 11 is 6.01. The topological polar surface area (TPSA) is 67.7 Å². The summed E-state index contributed by atoms with van der Waals surface area (Å²) in [6, 6.07) is 11.8. The van der Waals surface area contributed by atoms with Gasteiger partial charge in [0.2, 0.25) is 0 Å². The molecule has 0 unspecified atom stereocenters. The number of nitrogens with one attached hydrogen (secondary N) is 2.